The molecule has 0 amide bonds. The van der Waals surface area contributed by atoms with Crippen LogP contribution in [-0.2, 0) is 9.53 Å². The van der Waals surface area contributed by atoms with Crippen molar-refractivity contribution < 1.29 is 14.7 Å². The minimum absolute atomic E-state index is 0.112. The summed E-state index contributed by atoms with van der Waals surface area (Å²) in [6.07, 6.45) is 1.15. The van der Waals surface area contributed by atoms with Gasteiger partial charge in [0.2, 0.25) is 0 Å². The Balaban J connectivity index is 2.77. The van der Waals surface area contributed by atoms with Gasteiger partial charge in [0.05, 0.1) is 5.54 Å². The third-order valence-corrected chi connectivity index (χ3v) is 4.85. The summed E-state index contributed by atoms with van der Waals surface area (Å²) >= 11 is 2.09. The summed E-state index contributed by atoms with van der Waals surface area (Å²) in [4.78, 5) is 11.8. The van der Waals surface area contributed by atoms with E-state index in [9.17, 15) is 10.0 Å². The predicted molar refractivity (Wildman–Crippen MR) is 74.4 cm³/mol. The van der Waals surface area contributed by atoms with Crippen LogP contribution in [0.15, 0.2) is 0 Å². The quantitative estimate of drug-likeness (QED) is 0.481. The second-order valence-electron chi connectivity index (χ2n) is 5.78. The SMILES string of the molecule is CCC(I)C(=O)OC1CC(C)(C)N(O)C1(C)C. The van der Waals surface area contributed by atoms with Gasteiger partial charge in [0, 0.05) is 12.0 Å². The van der Waals surface area contributed by atoms with Crippen molar-refractivity contribution in [3.8, 4) is 0 Å². The second kappa shape index (κ2) is 5.01. The van der Waals surface area contributed by atoms with Gasteiger partial charge in [-0.2, -0.15) is 5.06 Å². The van der Waals surface area contributed by atoms with Crippen LogP contribution in [0.4, 0.5) is 0 Å². The molecule has 1 saturated heterocycles. The number of alkyl halides is 1. The van der Waals surface area contributed by atoms with Crippen molar-refractivity contribution in [2.24, 2.45) is 0 Å². The van der Waals surface area contributed by atoms with Crippen molar-refractivity contribution in [1.82, 2.24) is 5.06 Å². The van der Waals surface area contributed by atoms with Crippen LogP contribution in [0.25, 0.3) is 0 Å². The average Bonchev–Trinajstić information content (AvgIpc) is 2.38. The monoisotopic (exact) mass is 355 g/mol. The molecule has 0 aromatic carbocycles. The van der Waals surface area contributed by atoms with E-state index in [2.05, 4.69) is 22.6 Å². The number of ether oxygens (including phenoxy) is 1. The van der Waals surface area contributed by atoms with Gasteiger partial charge in [-0.05, 0) is 34.1 Å². The molecule has 0 spiro atoms. The summed E-state index contributed by atoms with van der Waals surface area (Å²) < 4.78 is 5.43. The third-order valence-electron chi connectivity index (χ3n) is 3.46. The van der Waals surface area contributed by atoms with E-state index in [4.69, 9.17) is 4.74 Å². The molecule has 100 valence electrons. The molecule has 0 bridgehead atoms. The molecule has 0 saturated carbocycles. The van der Waals surface area contributed by atoms with Gasteiger partial charge in [0.1, 0.15) is 10.0 Å². The van der Waals surface area contributed by atoms with E-state index in [0.29, 0.717) is 6.42 Å². The molecule has 0 aromatic rings. The van der Waals surface area contributed by atoms with Crippen LogP contribution in [-0.4, -0.2) is 37.3 Å². The van der Waals surface area contributed by atoms with Crippen molar-refractivity contribution in [3.05, 3.63) is 0 Å². The maximum Gasteiger partial charge on any atom is 0.319 e. The zero-order valence-electron chi connectivity index (χ0n) is 11.2. The first-order chi connectivity index (χ1) is 7.63. The fourth-order valence-electron chi connectivity index (χ4n) is 2.27. The number of halogens is 1. The summed E-state index contributed by atoms with van der Waals surface area (Å²) in [5, 5.41) is 11.4. The molecule has 0 aliphatic carbocycles. The Kier molecular flexibility index (Phi) is 4.47. The molecule has 1 aliphatic rings. The molecule has 5 heteroatoms. The highest BCUT2D eigenvalue weighted by atomic mass is 127. The Morgan fingerprint density at radius 1 is 1.53 bits per heavy atom. The highest BCUT2D eigenvalue weighted by Crippen LogP contribution is 2.41. The molecule has 2 unspecified atom stereocenters. The summed E-state index contributed by atoms with van der Waals surface area (Å²) in [7, 11) is 0. The molecule has 17 heavy (non-hydrogen) atoms. The van der Waals surface area contributed by atoms with Gasteiger partial charge in [-0.25, -0.2) is 0 Å². The molecule has 1 N–H and O–H groups in total. The van der Waals surface area contributed by atoms with Crippen LogP contribution in [0.1, 0.15) is 47.5 Å². The normalized spacial score (nSPS) is 29.0. The fourth-order valence-corrected chi connectivity index (χ4v) is 2.42. The Hall–Kier alpha value is 0.120. The minimum atomic E-state index is -0.538. The maximum absolute atomic E-state index is 11.8. The van der Waals surface area contributed by atoms with Crippen molar-refractivity contribution in [2.75, 3.05) is 0 Å². The Labute approximate surface area is 117 Å². The number of hydroxylamine groups is 2. The molecular weight excluding hydrogens is 333 g/mol. The first-order valence-electron chi connectivity index (χ1n) is 5.96. The van der Waals surface area contributed by atoms with Crippen LogP contribution >= 0.6 is 22.6 Å². The molecule has 1 aliphatic heterocycles. The predicted octanol–water partition coefficient (Wildman–Crippen LogP) is 2.76. The zero-order chi connectivity index (χ0) is 13.4. The van der Waals surface area contributed by atoms with E-state index >= 15 is 0 Å². The molecule has 1 fully saturated rings. The molecule has 4 nitrogen and oxygen atoms in total. The third kappa shape index (κ3) is 2.93. The lowest BCUT2D eigenvalue weighted by Gasteiger charge is -2.35. The largest absolute Gasteiger partial charge is 0.459 e. The van der Waals surface area contributed by atoms with E-state index in [1.54, 1.807) is 0 Å². The molecule has 0 radical (unpaired) electrons. The van der Waals surface area contributed by atoms with Gasteiger partial charge < -0.3 is 9.94 Å². The fraction of sp³-hybridized carbons (Fsp3) is 0.917. The number of hydrogen-bond acceptors (Lipinski definition) is 4. The number of nitrogens with zero attached hydrogens (tertiary/aromatic N) is 1. The highest BCUT2D eigenvalue weighted by Gasteiger charge is 2.53. The minimum Gasteiger partial charge on any atom is -0.459 e. The molecule has 1 heterocycles. The smallest absolute Gasteiger partial charge is 0.319 e. The van der Waals surface area contributed by atoms with E-state index < -0.39 is 5.54 Å². The first-order valence-corrected chi connectivity index (χ1v) is 7.21. The number of rotatable bonds is 3. The number of carbonyl (C=O) groups is 1. The van der Waals surface area contributed by atoms with E-state index in [1.165, 1.54) is 5.06 Å². The number of carbonyl (C=O) groups excluding carboxylic acids is 1. The van der Waals surface area contributed by atoms with Crippen LogP contribution in [0.2, 0.25) is 0 Å². The molecule has 2 atom stereocenters. The standard InChI is InChI=1S/C12H22INO3/c1-6-8(13)10(15)17-9-7-11(2,3)14(16)12(9,4)5/h8-9,16H,6-7H2,1-5H3. The lowest BCUT2D eigenvalue weighted by atomic mass is 9.97. The molecule has 1 rings (SSSR count). The van der Waals surface area contributed by atoms with Crippen molar-refractivity contribution in [3.63, 3.8) is 0 Å². The Morgan fingerprint density at radius 3 is 2.41 bits per heavy atom. The van der Waals surface area contributed by atoms with Crippen LogP contribution in [0.5, 0.6) is 0 Å². The van der Waals surface area contributed by atoms with Crippen molar-refractivity contribution in [2.45, 2.75) is 68.6 Å². The van der Waals surface area contributed by atoms with Crippen LogP contribution in [0, 0.1) is 0 Å². The summed E-state index contributed by atoms with van der Waals surface area (Å²) in [5.41, 5.74) is -0.898. The number of esters is 1. The topological polar surface area (TPSA) is 49.8 Å². The maximum atomic E-state index is 11.8. The average molecular weight is 355 g/mol. The first kappa shape index (κ1) is 15.2. The van der Waals surface area contributed by atoms with Gasteiger partial charge in [0.25, 0.3) is 0 Å². The highest BCUT2D eigenvalue weighted by molar-refractivity contribution is 14.1. The van der Waals surface area contributed by atoms with E-state index in [0.717, 1.165) is 6.42 Å². The summed E-state index contributed by atoms with van der Waals surface area (Å²) in [6.45, 7) is 9.65. The molecule has 0 aromatic heterocycles. The van der Waals surface area contributed by atoms with Gasteiger partial charge >= 0.3 is 5.97 Å². The second-order valence-corrected chi connectivity index (χ2v) is 7.29. The van der Waals surface area contributed by atoms with Gasteiger partial charge in [-0.1, -0.05) is 29.5 Å². The van der Waals surface area contributed by atoms with Gasteiger partial charge in [-0.3, -0.25) is 4.79 Å². The van der Waals surface area contributed by atoms with Crippen LogP contribution < -0.4 is 0 Å². The van der Waals surface area contributed by atoms with Gasteiger partial charge in [-0.15, -0.1) is 0 Å². The lowest BCUT2D eigenvalue weighted by molar-refractivity contribution is -0.205. The summed E-state index contributed by atoms with van der Waals surface area (Å²) in [6, 6.07) is 0. The Bertz CT molecular complexity index is 304. The zero-order valence-corrected chi connectivity index (χ0v) is 13.3. The van der Waals surface area contributed by atoms with Crippen LogP contribution in [0.3, 0.4) is 0 Å². The van der Waals surface area contributed by atoms with Gasteiger partial charge in [0.15, 0.2) is 0 Å². The number of hydrogen-bond donors (Lipinski definition) is 1. The van der Waals surface area contributed by atoms with Crippen molar-refractivity contribution >= 4 is 28.6 Å². The van der Waals surface area contributed by atoms with E-state index in [-0.39, 0.29) is 21.5 Å². The summed E-state index contributed by atoms with van der Waals surface area (Å²) in [5.74, 6) is -0.183. The van der Waals surface area contributed by atoms with E-state index in [1.807, 2.05) is 34.6 Å². The van der Waals surface area contributed by atoms with Crippen molar-refractivity contribution in [1.29, 1.82) is 0 Å². The molecular formula is C12H22INO3. The lowest BCUT2D eigenvalue weighted by Crippen LogP contribution is -2.49. The Morgan fingerprint density at radius 2 is 2.06 bits per heavy atom.